The predicted molar refractivity (Wildman–Crippen MR) is 73.0 cm³/mol. The van der Waals surface area contributed by atoms with E-state index in [1.54, 1.807) is 7.11 Å². The Kier molecular flexibility index (Phi) is 3.67. The maximum absolute atomic E-state index is 6.59. The zero-order valence-corrected chi connectivity index (χ0v) is 11.8. The van der Waals surface area contributed by atoms with Gasteiger partial charge in [-0.3, -0.25) is 0 Å². The summed E-state index contributed by atoms with van der Waals surface area (Å²) in [6, 6.07) is 4.34. The quantitative estimate of drug-likeness (QED) is 0.710. The first-order chi connectivity index (χ1) is 8.04. The number of hydrogen-bond acceptors (Lipinski definition) is 1. The summed E-state index contributed by atoms with van der Waals surface area (Å²) < 4.78 is 5.39. The maximum atomic E-state index is 6.59. The van der Waals surface area contributed by atoms with Gasteiger partial charge >= 0.3 is 0 Å². The Morgan fingerprint density at radius 3 is 2.18 bits per heavy atom. The Hall–Kier alpha value is -0.690. The lowest BCUT2D eigenvalue weighted by atomic mass is 9.93. The molecule has 0 bridgehead atoms. The molecule has 0 saturated heterocycles. The van der Waals surface area contributed by atoms with Gasteiger partial charge in [0.25, 0.3) is 0 Å². The lowest BCUT2D eigenvalue weighted by Gasteiger charge is -2.20. The minimum absolute atomic E-state index is 0.130. The summed E-state index contributed by atoms with van der Waals surface area (Å²) >= 11 is 6.59. The van der Waals surface area contributed by atoms with Crippen LogP contribution in [-0.2, 0) is 0 Å². The normalized spacial score (nSPS) is 18.9. The summed E-state index contributed by atoms with van der Waals surface area (Å²) in [6.07, 6.45) is 2.69. The smallest absolute Gasteiger partial charge is 0.124 e. The third-order valence-corrected chi connectivity index (χ3v) is 4.48. The van der Waals surface area contributed by atoms with E-state index in [1.165, 1.54) is 29.5 Å². The summed E-state index contributed by atoms with van der Waals surface area (Å²) in [6.45, 7) is 6.44. The second kappa shape index (κ2) is 4.89. The van der Waals surface area contributed by atoms with Gasteiger partial charge in [0.2, 0.25) is 0 Å². The van der Waals surface area contributed by atoms with Gasteiger partial charge in [-0.2, -0.15) is 0 Å². The Morgan fingerprint density at radius 1 is 1.24 bits per heavy atom. The van der Waals surface area contributed by atoms with E-state index >= 15 is 0 Å². The average Bonchev–Trinajstić information content (AvgIpc) is 3.10. The SMILES string of the molecule is COc1c(C)cc(C(Cl)C(C)C2CC2)cc1C. The minimum Gasteiger partial charge on any atom is -0.496 e. The number of aryl methyl sites for hydroxylation is 2. The molecule has 1 aliphatic rings. The molecule has 0 radical (unpaired) electrons. The molecule has 0 aromatic heterocycles. The first kappa shape index (κ1) is 12.8. The lowest BCUT2D eigenvalue weighted by Crippen LogP contribution is -2.07. The van der Waals surface area contributed by atoms with Gasteiger partial charge < -0.3 is 4.74 Å². The van der Waals surface area contributed by atoms with Crippen LogP contribution in [0.3, 0.4) is 0 Å². The van der Waals surface area contributed by atoms with Gasteiger partial charge in [0.15, 0.2) is 0 Å². The van der Waals surface area contributed by atoms with E-state index in [-0.39, 0.29) is 5.38 Å². The number of rotatable bonds is 4. The van der Waals surface area contributed by atoms with Crippen molar-refractivity contribution in [1.82, 2.24) is 0 Å². The van der Waals surface area contributed by atoms with E-state index in [4.69, 9.17) is 16.3 Å². The summed E-state index contributed by atoms with van der Waals surface area (Å²) in [5, 5.41) is 0.130. The Balaban J connectivity index is 2.26. The van der Waals surface area contributed by atoms with Crippen LogP contribution in [0, 0.1) is 25.7 Å². The van der Waals surface area contributed by atoms with Crippen molar-refractivity contribution in [2.45, 2.75) is 39.0 Å². The molecule has 1 aromatic rings. The topological polar surface area (TPSA) is 9.23 Å². The number of methoxy groups -OCH3 is 1. The molecule has 1 fully saturated rings. The van der Waals surface area contributed by atoms with Gasteiger partial charge in [-0.25, -0.2) is 0 Å². The fourth-order valence-electron chi connectivity index (χ4n) is 2.63. The van der Waals surface area contributed by atoms with Crippen molar-refractivity contribution >= 4 is 11.6 Å². The van der Waals surface area contributed by atoms with Crippen LogP contribution in [0.15, 0.2) is 12.1 Å². The van der Waals surface area contributed by atoms with Crippen LogP contribution in [0.1, 0.15) is 41.8 Å². The van der Waals surface area contributed by atoms with Crippen molar-refractivity contribution in [1.29, 1.82) is 0 Å². The van der Waals surface area contributed by atoms with Crippen LogP contribution in [0.4, 0.5) is 0 Å². The standard InChI is InChI=1S/C15H21ClO/c1-9-7-13(8-10(2)15(9)17-4)14(16)11(3)12-5-6-12/h7-8,11-12,14H,5-6H2,1-4H3. The van der Waals surface area contributed by atoms with Crippen LogP contribution < -0.4 is 4.74 Å². The second-order valence-electron chi connectivity index (χ2n) is 5.29. The fraction of sp³-hybridized carbons (Fsp3) is 0.600. The van der Waals surface area contributed by atoms with Crippen molar-refractivity contribution in [3.05, 3.63) is 28.8 Å². The Bertz CT molecular complexity index is 386. The zero-order chi connectivity index (χ0) is 12.6. The monoisotopic (exact) mass is 252 g/mol. The van der Waals surface area contributed by atoms with E-state index in [1.807, 2.05) is 0 Å². The molecule has 2 heteroatoms. The number of benzene rings is 1. The molecule has 2 rings (SSSR count). The first-order valence-corrected chi connectivity index (χ1v) is 6.77. The number of alkyl halides is 1. The number of halogens is 1. The van der Waals surface area contributed by atoms with Gasteiger partial charge in [0.05, 0.1) is 12.5 Å². The van der Waals surface area contributed by atoms with E-state index in [9.17, 15) is 0 Å². The highest BCUT2D eigenvalue weighted by atomic mass is 35.5. The Morgan fingerprint density at radius 2 is 1.76 bits per heavy atom. The minimum atomic E-state index is 0.130. The molecule has 0 spiro atoms. The summed E-state index contributed by atoms with van der Waals surface area (Å²) in [7, 11) is 1.72. The molecular formula is C15H21ClO. The van der Waals surface area contributed by atoms with Crippen LogP contribution in [-0.4, -0.2) is 7.11 Å². The van der Waals surface area contributed by atoms with E-state index < -0.39 is 0 Å². The van der Waals surface area contributed by atoms with Crippen molar-refractivity contribution in [2.75, 3.05) is 7.11 Å². The predicted octanol–water partition coefficient (Wildman–Crippen LogP) is 4.64. The molecule has 1 saturated carbocycles. The molecule has 2 atom stereocenters. The van der Waals surface area contributed by atoms with Crippen molar-refractivity contribution < 1.29 is 4.74 Å². The molecule has 2 unspecified atom stereocenters. The summed E-state index contributed by atoms with van der Waals surface area (Å²) in [5.41, 5.74) is 3.59. The number of hydrogen-bond donors (Lipinski definition) is 0. The highest BCUT2D eigenvalue weighted by Crippen LogP contribution is 2.46. The molecule has 0 heterocycles. The molecule has 1 aromatic carbocycles. The highest BCUT2D eigenvalue weighted by molar-refractivity contribution is 6.21. The number of ether oxygens (including phenoxy) is 1. The van der Waals surface area contributed by atoms with Crippen molar-refractivity contribution in [3.8, 4) is 5.75 Å². The third-order valence-electron chi connectivity index (χ3n) is 3.83. The summed E-state index contributed by atoms with van der Waals surface area (Å²) in [4.78, 5) is 0. The summed E-state index contributed by atoms with van der Waals surface area (Å²) in [5.74, 6) is 2.39. The largest absolute Gasteiger partial charge is 0.496 e. The van der Waals surface area contributed by atoms with Crippen LogP contribution in [0.25, 0.3) is 0 Å². The average molecular weight is 253 g/mol. The second-order valence-corrected chi connectivity index (χ2v) is 5.76. The van der Waals surface area contributed by atoms with E-state index in [0.29, 0.717) is 5.92 Å². The van der Waals surface area contributed by atoms with Crippen LogP contribution in [0.2, 0.25) is 0 Å². The van der Waals surface area contributed by atoms with Gasteiger partial charge in [0.1, 0.15) is 5.75 Å². The van der Waals surface area contributed by atoms with E-state index in [0.717, 1.165) is 11.7 Å². The fourth-order valence-corrected chi connectivity index (χ4v) is 2.96. The van der Waals surface area contributed by atoms with Gasteiger partial charge in [-0.05, 0) is 55.2 Å². The van der Waals surface area contributed by atoms with Crippen molar-refractivity contribution in [2.24, 2.45) is 11.8 Å². The van der Waals surface area contributed by atoms with Crippen molar-refractivity contribution in [3.63, 3.8) is 0 Å². The third kappa shape index (κ3) is 2.60. The molecule has 0 aliphatic heterocycles. The van der Waals surface area contributed by atoms with Crippen LogP contribution >= 0.6 is 11.6 Å². The molecule has 0 N–H and O–H groups in total. The maximum Gasteiger partial charge on any atom is 0.124 e. The molecule has 1 aliphatic carbocycles. The van der Waals surface area contributed by atoms with Gasteiger partial charge in [-0.1, -0.05) is 19.1 Å². The van der Waals surface area contributed by atoms with E-state index in [2.05, 4.69) is 32.9 Å². The molecule has 94 valence electrons. The molecule has 17 heavy (non-hydrogen) atoms. The van der Waals surface area contributed by atoms with Gasteiger partial charge in [-0.15, -0.1) is 11.6 Å². The highest BCUT2D eigenvalue weighted by Gasteiger charge is 2.33. The van der Waals surface area contributed by atoms with Gasteiger partial charge in [0, 0.05) is 0 Å². The zero-order valence-electron chi connectivity index (χ0n) is 11.1. The lowest BCUT2D eigenvalue weighted by molar-refractivity contribution is 0.408. The van der Waals surface area contributed by atoms with Crippen LogP contribution in [0.5, 0.6) is 5.75 Å². The Labute approximate surface area is 109 Å². The first-order valence-electron chi connectivity index (χ1n) is 6.33. The molecule has 0 amide bonds. The molecular weight excluding hydrogens is 232 g/mol. The molecule has 1 nitrogen and oxygen atoms in total.